The minimum atomic E-state index is -3.66. The van der Waals surface area contributed by atoms with Crippen LogP contribution in [-0.2, 0) is 16.6 Å². The van der Waals surface area contributed by atoms with Crippen LogP contribution in [-0.4, -0.2) is 42.3 Å². The number of aromatic amines is 1. The highest BCUT2D eigenvalue weighted by Gasteiger charge is 2.21. The number of carbonyl (C=O) groups is 1. The number of fused-ring (bicyclic) bond motifs is 1. The van der Waals surface area contributed by atoms with Gasteiger partial charge in [-0.05, 0) is 54.2 Å². The molecule has 1 amide bonds. The summed E-state index contributed by atoms with van der Waals surface area (Å²) in [4.78, 5) is 29.0. The summed E-state index contributed by atoms with van der Waals surface area (Å²) in [6.45, 7) is 0.0196. The van der Waals surface area contributed by atoms with E-state index in [1.165, 1.54) is 24.7 Å². The van der Waals surface area contributed by atoms with Gasteiger partial charge < -0.3 is 10.3 Å². The lowest BCUT2D eigenvalue weighted by Gasteiger charge is -2.15. The summed E-state index contributed by atoms with van der Waals surface area (Å²) < 4.78 is 27.9. The molecule has 0 aliphatic rings. The van der Waals surface area contributed by atoms with Gasteiger partial charge in [-0.15, -0.1) is 0 Å². The molecule has 0 aliphatic heterocycles. The highest BCUT2D eigenvalue weighted by molar-refractivity contribution is 7.89. The van der Waals surface area contributed by atoms with Gasteiger partial charge >= 0.3 is 0 Å². The molecule has 0 bridgehead atoms. The van der Waals surface area contributed by atoms with E-state index in [1.807, 2.05) is 18.2 Å². The van der Waals surface area contributed by atoms with Gasteiger partial charge in [0.2, 0.25) is 10.0 Å². The highest BCUT2D eigenvalue weighted by Crippen LogP contribution is 2.19. The first kappa shape index (κ1) is 23.6. The molecule has 0 atom stereocenters. The first-order chi connectivity index (χ1) is 16.2. The minimum Gasteiger partial charge on any atom is -0.348 e. The van der Waals surface area contributed by atoms with E-state index < -0.39 is 15.9 Å². The summed E-state index contributed by atoms with van der Waals surface area (Å²) in [5.41, 5.74) is 1.56. The SMILES string of the molecule is CN(C)S(=O)(=O)c1ccccc1CNC(=O)c1ccc2c(=O)n(-c3ccccc3)c(=S)[nH]c2c1. The molecule has 10 heteroatoms. The molecule has 1 heterocycles. The Morgan fingerprint density at radius 2 is 1.71 bits per heavy atom. The second-order valence-corrected chi connectivity index (χ2v) is 10.3. The van der Waals surface area contributed by atoms with Crippen molar-refractivity contribution >= 4 is 39.1 Å². The smallest absolute Gasteiger partial charge is 0.266 e. The molecule has 174 valence electrons. The third-order valence-corrected chi connectivity index (χ3v) is 7.55. The van der Waals surface area contributed by atoms with E-state index in [1.54, 1.807) is 48.5 Å². The molecule has 0 spiro atoms. The Kier molecular flexibility index (Phi) is 6.47. The molecular formula is C24H22N4O4S2. The van der Waals surface area contributed by atoms with Crippen LogP contribution in [0.3, 0.4) is 0 Å². The van der Waals surface area contributed by atoms with E-state index >= 15 is 0 Å². The Labute approximate surface area is 201 Å². The molecule has 4 rings (SSSR count). The zero-order valence-electron chi connectivity index (χ0n) is 18.5. The molecule has 0 fully saturated rings. The van der Waals surface area contributed by atoms with Gasteiger partial charge in [-0.1, -0.05) is 36.4 Å². The van der Waals surface area contributed by atoms with Crippen LogP contribution in [0.15, 0.2) is 82.5 Å². The van der Waals surface area contributed by atoms with Gasteiger partial charge in [0.05, 0.1) is 21.5 Å². The number of amides is 1. The van der Waals surface area contributed by atoms with Crippen LogP contribution in [0.1, 0.15) is 15.9 Å². The summed E-state index contributed by atoms with van der Waals surface area (Å²) in [6, 6.07) is 20.2. The Morgan fingerprint density at radius 1 is 1.03 bits per heavy atom. The number of para-hydroxylation sites is 1. The number of benzene rings is 3. The molecule has 8 nitrogen and oxygen atoms in total. The van der Waals surface area contributed by atoms with Crippen molar-refractivity contribution in [2.24, 2.45) is 0 Å². The van der Waals surface area contributed by atoms with Gasteiger partial charge in [0, 0.05) is 26.2 Å². The molecule has 0 saturated carbocycles. The number of hydrogen-bond acceptors (Lipinski definition) is 5. The van der Waals surface area contributed by atoms with Crippen LogP contribution in [0.4, 0.5) is 0 Å². The van der Waals surface area contributed by atoms with E-state index in [9.17, 15) is 18.0 Å². The summed E-state index contributed by atoms with van der Waals surface area (Å²) in [5, 5.41) is 3.14. The van der Waals surface area contributed by atoms with Crippen molar-refractivity contribution in [3.63, 3.8) is 0 Å². The lowest BCUT2D eigenvalue weighted by Crippen LogP contribution is -2.27. The lowest BCUT2D eigenvalue weighted by atomic mass is 10.1. The molecule has 0 radical (unpaired) electrons. The minimum absolute atomic E-state index is 0.0196. The quantitative estimate of drug-likeness (QED) is 0.401. The third-order valence-electron chi connectivity index (χ3n) is 5.34. The largest absolute Gasteiger partial charge is 0.348 e. The molecule has 34 heavy (non-hydrogen) atoms. The van der Waals surface area contributed by atoms with E-state index in [0.717, 1.165) is 4.31 Å². The fourth-order valence-corrected chi connectivity index (χ4v) is 4.96. The molecule has 0 aliphatic carbocycles. The van der Waals surface area contributed by atoms with Crippen molar-refractivity contribution in [2.45, 2.75) is 11.4 Å². The summed E-state index contributed by atoms with van der Waals surface area (Å²) in [7, 11) is -0.749. The van der Waals surface area contributed by atoms with Crippen LogP contribution in [0.5, 0.6) is 0 Å². The molecule has 4 aromatic rings. The summed E-state index contributed by atoms with van der Waals surface area (Å²) in [6.07, 6.45) is 0. The van der Waals surface area contributed by atoms with Gasteiger partial charge in [0.25, 0.3) is 11.5 Å². The predicted octanol–water partition coefficient (Wildman–Crippen LogP) is 3.23. The molecule has 2 N–H and O–H groups in total. The number of sulfonamides is 1. The molecule has 0 saturated heterocycles. The van der Waals surface area contributed by atoms with Crippen molar-refractivity contribution in [1.82, 2.24) is 19.2 Å². The van der Waals surface area contributed by atoms with Crippen molar-refractivity contribution in [3.8, 4) is 5.69 Å². The lowest BCUT2D eigenvalue weighted by molar-refractivity contribution is 0.0950. The average Bonchev–Trinajstić information content (AvgIpc) is 2.83. The maximum atomic E-state index is 13.0. The Hall–Kier alpha value is -3.60. The van der Waals surface area contributed by atoms with Crippen LogP contribution >= 0.6 is 12.2 Å². The van der Waals surface area contributed by atoms with Crippen molar-refractivity contribution in [1.29, 1.82) is 0 Å². The van der Waals surface area contributed by atoms with E-state index in [-0.39, 0.29) is 21.8 Å². The number of nitrogens with one attached hydrogen (secondary N) is 2. The number of aromatic nitrogens is 2. The van der Waals surface area contributed by atoms with Gasteiger partial charge in [-0.2, -0.15) is 0 Å². The Balaban J connectivity index is 1.63. The van der Waals surface area contributed by atoms with Crippen LogP contribution in [0.2, 0.25) is 0 Å². The van der Waals surface area contributed by atoms with Crippen LogP contribution in [0.25, 0.3) is 16.6 Å². The maximum Gasteiger partial charge on any atom is 0.266 e. The second kappa shape index (κ2) is 9.34. The van der Waals surface area contributed by atoms with Gasteiger partial charge in [-0.25, -0.2) is 12.7 Å². The zero-order chi connectivity index (χ0) is 24.5. The molecule has 0 unspecified atom stereocenters. The average molecular weight is 495 g/mol. The van der Waals surface area contributed by atoms with Crippen molar-refractivity contribution < 1.29 is 13.2 Å². The Morgan fingerprint density at radius 3 is 2.41 bits per heavy atom. The molecular weight excluding hydrogens is 472 g/mol. The normalized spacial score (nSPS) is 11.6. The number of nitrogens with zero attached hydrogens (tertiary/aromatic N) is 2. The van der Waals surface area contributed by atoms with Gasteiger partial charge in [-0.3, -0.25) is 14.2 Å². The van der Waals surface area contributed by atoms with Crippen molar-refractivity contribution in [3.05, 3.63) is 99.0 Å². The van der Waals surface area contributed by atoms with E-state index in [0.29, 0.717) is 27.7 Å². The first-order valence-electron chi connectivity index (χ1n) is 10.3. The monoisotopic (exact) mass is 494 g/mol. The molecule has 1 aromatic heterocycles. The number of rotatable bonds is 6. The topological polar surface area (TPSA) is 104 Å². The predicted molar refractivity (Wildman–Crippen MR) is 133 cm³/mol. The van der Waals surface area contributed by atoms with Gasteiger partial charge in [0.15, 0.2) is 4.77 Å². The second-order valence-electron chi connectivity index (χ2n) is 7.74. The zero-order valence-corrected chi connectivity index (χ0v) is 20.1. The van der Waals surface area contributed by atoms with Gasteiger partial charge in [0.1, 0.15) is 0 Å². The van der Waals surface area contributed by atoms with Crippen molar-refractivity contribution in [2.75, 3.05) is 14.1 Å². The number of carbonyl (C=O) groups excluding carboxylic acids is 1. The number of hydrogen-bond donors (Lipinski definition) is 2. The Bertz CT molecular complexity index is 1610. The highest BCUT2D eigenvalue weighted by atomic mass is 32.2. The van der Waals surface area contributed by atoms with Crippen LogP contribution in [0, 0.1) is 4.77 Å². The van der Waals surface area contributed by atoms with Crippen LogP contribution < -0.4 is 10.9 Å². The standard InChI is InChI=1S/C24H22N4O4S2/c1-27(2)34(31,32)21-11-7-6-8-17(21)15-25-22(29)16-12-13-19-20(14-16)26-24(33)28(23(19)30)18-9-4-3-5-10-18/h3-14H,15H2,1-2H3,(H,25,29)(H,26,33). The fourth-order valence-electron chi connectivity index (χ4n) is 3.55. The third kappa shape index (κ3) is 4.43. The maximum absolute atomic E-state index is 13.0. The first-order valence-corrected chi connectivity index (χ1v) is 12.2. The number of H-pyrrole nitrogens is 1. The molecule has 3 aromatic carbocycles. The summed E-state index contributed by atoms with van der Waals surface area (Å²) in [5.74, 6) is -0.412. The fraction of sp³-hybridized carbons (Fsp3) is 0.125. The van der Waals surface area contributed by atoms with E-state index in [2.05, 4.69) is 10.3 Å². The van der Waals surface area contributed by atoms with E-state index in [4.69, 9.17) is 12.2 Å². The summed E-state index contributed by atoms with van der Waals surface area (Å²) >= 11 is 5.39.